The van der Waals surface area contributed by atoms with Crippen molar-refractivity contribution in [2.24, 2.45) is 11.8 Å². The summed E-state index contributed by atoms with van der Waals surface area (Å²) in [6, 6.07) is 8.87. The summed E-state index contributed by atoms with van der Waals surface area (Å²) in [5.74, 6) is -2.55. The van der Waals surface area contributed by atoms with E-state index in [0.717, 1.165) is 5.56 Å². The van der Waals surface area contributed by atoms with Crippen molar-refractivity contribution in [2.75, 3.05) is 0 Å². The largest absolute Gasteiger partial charge is 0.382 e. The van der Waals surface area contributed by atoms with Crippen molar-refractivity contribution in [3.8, 4) is 12.8 Å². The predicted molar refractivity (Wildman–Crippen MR) is 140 cm³/mol. The van der Waals surface area contributed by atoms with Gasteiger partial charge in [-0.1, -0.05) is 44.2 Å². The fourth-order valence-corrected chi connectivity index (χ4v) is 4.37. The number of hydroxylamine groups is 1. The zero-order valence-corrected chi connectivity index (χ0v) is 22.6. The van der Waals surface area contributed by atoms with Crippen molar-refractivity contribution >= 4 is 29.5 Å². The highest BCUT2D eigenvalue weighted by Crippen LogP contribution is 2.32. The van der Waals surface area contributed by atoms with Gasteiger partial charge in [-0.05, 0) is 52.5 Å². The molecule has 1 rings (SSSR count). The maximum absolute atomic E-state index is 13.2. The van der Waals surface area contributed by atoms with E-state index in [-0.39, 0.29) is 18.2 Å². The van der Waals surface area contributed by atoms with Crippen LogP contribution in [0.15, 0.2) is 30.3 Å². The molecule has 3 amide bonds. The Balaban J connectivity index is 0.00000562. The van der Waals surface area contributed by atoms with Crippen molar-refractivity contribution in [3.05, 3.63) is 35.9 Å². The Bertz CT molecular complexity index is 834. The first-order chi connectivity index (χ1) is 16.2. The fraction of sp³-hybridized carbons (Fsp3) is 0.577. The Morgan fingerprint density at radius 3 is 1.97 bits per heavy atom. The SMILES string of the molecule is C#C.CC(C)C[C@@H](C(=O)NC(C(=O)NC(C)(C)C)C(C)(C)SCc1ccccc1)[C@H](O)C(=O)NO. The molecular weight excluding hydrogens is 466 g/mol. The quantitative estimate of drug-likeness (QED) is 0.178. The van der Waals surface area contributed by atoms with Gasteiger partial charge in [-0.2, -0.15) is 0 Å². The van der Waals surface area contributed by atoms with Crippen LogP contribution in [0, 0.1) is 24.7 Å². The summed E-state index contributed by atoms with van der Waals surface area (Å²) in [5, 5.41) is 25.0. The van der Waals surface area contributed by atoms with Crippen molar-refractivity contribution < 1.29 is 24.7 Å². The van der Waals surface area contributed by atoms with Crippen molar-refractivity contribution in [3.63, 3.8) is 0 Å². The number of nitrogens with one attached hydrogen (secondary N) is 3. The van der Waals surface area contributed by atoms with E-state index in [1.54, 1.807) is 0 Å². The minimum atomic E-state index is -1.75. The van der Waals surface area contributed by atoms with Gasteiger partial charge in [0.15, 0.2) is 0 Å². The summed E-state index contributed by atoms with van der Waals surface area (Å²) in [6.45, 7) is 13.0. The molecule has 8 nitrogen and oxygen atoms in total. The molecule has 0 fully saturated rings. The lowest BCUT2D eigenvalue weighted by atomic mass is 9.89. The third kappa shape index (κ3) is 11.6. The number of hydrogen-bond donors (Lipinski definition) is 5. The number of rotatable bonds is 11. The summed E-state index contributed by atoms with van der Waals surface area (Å²) >= 11 is 1.52. The molecule has 0 spiro atoms. The van der Waals surface area contributed by atoms with Gasteiger partial charge in [-0.15, -0.1) is 24.6 Å². The molecule has 0 aliphatic rings. The third-order valence-electron chi connectivity index (χ3n) is 5.02. The molecule has 0 aromatic heterocycles. The molecule has 35 heavy (non-hydrogen) atoms. The molecule has 3 atom stereocenters. The number of carbonyl (C=O) groups excluding carboxylic acids is 3. The lowest BCUT2D eigenvalue weighted by molar-refractivity contribution is -0.147. The summed E-state index contributed by atoms with van der Waals surface area (Å²) in [6.07, 6.45) is 6.45. The Kier molecular flexibility index (Phi) is 13.7. The van der Waals surface area contributed by atoms with Crippen LogP contribution in [0.1, 0.15) is 60.5 Å². The first-order valence-corrected chi connectivity index (χ1v) is 12.4. The van der Waals surface area contributed by atoms with Crippen LogP contribution in [0.3, 0.4) is 0 Å². The van der Waals surface area contributed by atoms with Gasteiger partial charge in [0.2, 0.25) is 11.8 Å². The number of terminal acetylenes is 1. The zero-order chi connectivity index (χ0) is 27.4. The molecule has 9 heteroatoms. The minimum Gasteiger partial charge on any atom is -0.382 e. The average Bonchev–Trinajstić information content (AvgIpc) is 2.79. The second-order valence-electron chi connectivity index (χ2n) is 10.2. The second kappa shape index (κ2) is 14.8. The second-order valence-corrected chi connectivity index (χ2v) is 11.8. The van der Waals surface area contributed by atoms with Crippen LogP contribution in [0.25, 0.3) is 0 Å². The van der Waals surface area contributed by atoms with Crippen LogP contribution in [-0.2, 0) is 20.1 Å². The maximum Gasteiger partial charge on any atom is 0.272 e. The molecule has 0 radical (unpaired) electrons. The van der Waals surface area contributed by atoms with E-state index in [1.807, 2.05) is 78.8 Å². The molecule has 1 aromatic rings. The van der Waals surface area contributed by atoms with E-state index in [0.29, 0.717) is 5.75 Å². The summed E-state index contributed by atoms with van der Waals surface area (Å²) in [5.41, 5.74) is 1.96. The molecule has 0 saturated carbocycles. The Morgan fingerprint density at radius 2 is 1.51 bits per heavy atom. The number of aliphatic hydroxyl groups is 1. The molecule has 0 heterocycles. The van der Waals surface area contributed by atoms with Crippen LogP contribution in [0.5, 0.6) is 0 Å². The minimum absolute atomic E-state index is 0.00999. The molecule has 5 N–H and O–H groups in total. The van der Waals surface area contributed by atoms with Crippen LogP contribution >= 0.6 is 11.8 Å². The van der Waals surface area contributed by atoms with Crippen LogP contribution < -0.4 is 16.1 Å². The van der Waals surface area contributed by atoms with Crippen LogP contribution in [-0.4, -0.2) is 50.5 Å². The topological polar surface area (TPSA) is 128 Å². The Hall–Kier alpha value is -2.54. The number of amides is 3. The molecule has 1 unspecified atom stereocenters. The molecule has 0 aliphatic carbocycles. The lowest BCUT2D eigenvalue weighted by Gasteiger charge is -2.36. The maximum atomic E-state index is 13.2. The number of benzene rings is 1. The first kappa shape index (κ1) is 32.5. The van der Waals surface area contributed by atoms with Gasteiger partial charge < -0.3 is 15.7 Å². The van der Waals surface area contributed by atoms with Crippen molar-refractivity contribution in [1.29, 1.82) is 0 Å². The summed E-state index contributed by atoms with van der Waals surface area (Å²) in [7, 11) is 0. The highest BCUT2D eigenvalue weighted by Gasteiger charge is 2.41. The fourth-order valence-electron chi connectivity index (χ4n) is 3.31. The van der Waals surface area contributed by atoms with E-state index in [1.165, 1.54) is 17.2 Å². The van der Waals surface area contributed by atoms with Gasteiger partial charge in [0.1, 0.15) is 12.1 Å². The standard InChI is InChI=1S/C24H39N3O5S.C2H2/c1-15(2)13-17(18(28)21(30)27-32)20(29)25-19(22(31)26-23(3,4)5)24(6,7)33-14-16-11-9-8-10-12-16;1-2/h8-12,15,17-19,28,32H,13-14H2,1-7H3,(H,25,29)(H,26,31)(H,27,30);1-2H/t17-,18+,19?;/m1./s1. The van der Waals surface area contributed by atoms with E-state index in [9.17, 15) is 19.5 Å². The average molecular weight is 508 g/mol. The van der Waals surface area contributed by atoms with E-state index in [4.69, 9.17) is 5.21 Å². The molecule has 0 bridgehead atoms. The van der Waals surface area contributed by atoms with Crippen molar-refractivity contribution in [2.45, 2.75) is 83.1 Å². The molecule has 0 aliphatic heterocycles. The highest BCUT2D eigenvalue weighted by atomic mass is 32.2. The van der Waals surface area contributed by atoms with E-state index >= 15 is 0 Å². The predicted octanol–water partition coefficient (Wildman–Crippen LogP) is 2.88. The van der Waals surface area contributed by atoms with Crippen LogP contribution in [0.4, 0.5) is 0 Å². The van der Waals surface area contributed by atoms with Gasteiger partial charge in [0.25, 0.3) is 5.91 Å². The number of hydrogen-bond acceptors (Lipinski definition) is 6. The van der Waals surface area contributed by atoms with Crippen molar-refractivity contribution in [1.82, 2.24) is 16.1 Å². The first-order valence-electron chi connectivity index (χ1n) is 11.4. The molecular formula is C26H41N3O5S. The number of aliphatic hydroxyl groups excluding tert-OH is 1. The van der Waals surface area contributed by atoms with Gasteiger partial charge in [0.05, 0.1) is 5.92 Å². The summed E-state index contributed by atoms with van der Waals surface area (Å²) < 4.78 is -0.715. The van der Waals surface area contributed by atoms with Gasteiger partial charge in [0, 0.05) is 16.0 Å². The monoisotopic (exact) mass is 507 g/mol. The van der Waals surface area contributed by atoms with Gasteiger partial charge in [-0.25, -0.2) is 5.48 Å². The molecule has 196 valence electrons. The van der Waals surface area contributed by atoms with E-state index in [2.05, 4.69) is 23.5 Å². The zero-order valence-electron chi connectivity index (χ0n) is 21.8. The van der Waals surface area contributed by atoms with Gasteiger partial charge >= 0.3 is 0 Å². The number of carbonyl (C=O) groups is 3. The Morgan fingerprint density at radius 1 is 0.971 bits per heavy atom. The normalized spacial score (nSPS) is 14.1. The third-order valence-corrected chi connectivity index (χ3v) is 6.48. The smallest absolute Gasteiger partial charge is 0.272 e. The highest BCUT2D eigenvalue weighted by molar-refractivity contribution is 7.99. The summed E-state index contributed by atoms with van der Waals surface area (Å²) in [4.78, 5) is 38.3. The molecule has 0 saturated heterocycles. The number of thioether (sulfide) groups is 1. The van der Waals surface area contributed by atoms with Crippen LogP contribution in [0.2, 0.25) is 0 Å². The lowest BCUT2D eigenvalue weighted by Crippen LogP contribution is -2.61. The van der Waals surface area contributed by atoms with E-state index < -0.39 is 40.2 Å². The Labute approximate surface area is 214 Å². The van der Waals surface area contributed by atoms with Gasteiger partial charge in [-0.3, -0.25) is 19.6 Å². The molecule has 1 aromatic carbocycles.